The predicted molar refractivity (Wildman–Crippen MR) is 77.8 cm³/mol. The van der Waals surface area contributed by atoms with Gasteiger partial charge >= 0.3 is 0 Å². The van der Waals surface area contributed by atoms with E-state index in [-0.39, 0.29) is 0 Å². The lowest BCUT2D eigenvalue weighted by Crippen LogP contribution is -1.97. The number of hydrogen-bond acceptors (Lipinski definition) is 3. The highest BCUT2D eigenvalue weighted by molar-refractivity contribution is 9.10. The molecule has 4 heteroatoms. The zero-order valence-corrected chi connectivity index (χ0v) is 11.8. The Hall–Kier alpha value is -1.23. The second kappa shape index (κ2) is 4.80. The van der Waals surface area contributed by atoms with E-state index in [0.717, 1.165) is 25.8 Å². The molecule has 0 saturated heterocycles. The molecule has 1 N–H and O–H groups in total. The van der Waals surface area contributed by atoms with Crippen LogP contribution < -0.4 is 0 Å². The first kappa shape index (κ1) is 11.8. The number of thiophene rings is 1. The number of halogens is 1. The molecule has 0 amide bonds. The van der Waals surface area contributed by atoms with Gasteiger partial charge in [0.15, 0.2) is 0 Å². The fraction of sp³-hybridized carbons (Fsp3) is 0.0714. The standard InChI is InChI=1S/C14H10BrNOS/c15-11-7-13(18-8-11)14(17)10-4-3-9-2-1-5-16-12(9)6-10/h1-8,14,17H. The Bertz CT molecular complexity index is 695. The van der Waals surface area contributed by atoms with Crippen LogP contribution in [0.15, 0.2) is 52.4 Å². The van der Waals surface area contributed by atoms with Gasteiger partial charge in [-0.15, -0.1) is 11.3 Å². The van der Waals surface area contributed by atoms with E-state index in [4.69, 9.17) is 0 Å². The molecule has 0 saturated carbocycles. The van der Waals surface area contributed by atoms with Gasteiger partial charge < -0.3 is 5.11 Å². The normalized spacial score (nSPS) is 12.8. The highest BCUT2D eigenvalue weighted by Crippen LogP contribution is 2.30. The van der Waals surface area contributed by atoms with Crippen LogP contribution in [0.2, 0.25) is 0 Å². The SMILES string of the molecule is OC(c1ccc2cccnc2c1)c1cc(Br)cs1. The minimum absolute atomic E-state index is 0.590. The van der Waals surface area contributed by atoms with Crippen molar-refractivity contribution in [3.05, 3.63) is 62.9 Å². The molecule has 1 atom stereocenters. The van der Waals surface area contributed by atoms with Crippen LogP contribution in [-0.4, -0.2) is 10.1 Å². The van der Waals surface area contributed by atoms with Crippen molar-refractivity contribution in [2.24, 2.45) is 0 Å². The fourth-order valence-corrected chi connectivity index (χ4v) is 3.34. The van der Waals surface area contributed by atoms with Gasteiger partial charge in [-0.1, -0.05) is 18.2 Å². The summed E-state index contributed by atoms with van der Waals surface area (Å²) >= 11 is 4.94. The van der Waals surface area contributed by atoms with Gasteiger partial charge in [-0.25, -0.2) is 0 Å². The summed E-state index contributed by atoms with van der Waals surface area (Å²) in [5.41, 5.74) is 1.78. The molecule has 1 unspecified atom stereocenters. The second-order valence-electron chi connectivity index (χ2n) is 4.03. The van der Waals surface area contributed by atoms with Crippen molar-refractivity contribution >= 4 is 38.2 Å². The van der Waals surface area contributed by atoms with Crippen molar-refractivity contribution < 1.29 is 5.11 Å². The molecule has 1 aromatic carbocycles. The van der Waals surface area contributed by atoms with Crippen molar-refractivity contribution in [3.63, 3.8) is 0 Å². The van der Waals surface area contributed by atoms with Gasteiger partial charge in [-0.3, -0.25) is 4.98 Å². The van der Waals surface area contributed by atoms with Crippen LogP contribution in [0, 0.1) is 0 Å². The molecule has 0 bridgehead atoms. The Morgan fingerprint density at radius 2 is 2.11 bits per heavy atom. The number of aromatic nitrogens is 1. The second-order valence-corrected chi connectivity index (χ2v) is 5.88. The zero-order chi connectivity index (χ0) is 12.5. The summed E-state index contributed by atoms with van der Waals surface area (Å²) in [5.74, 6) is 0. The van der Waals surface area contributed by atoms with Crippen molar-refractivity contribution in [2.45, 2.75) is 6.10 Å². The third-order valence-corrected chi connectivity index (χ3v) is 4.55. The Balaban J connectivity index is 2.03. The summed E-state index contributed by atoms with van der Waals surface area (Å²) in [6.45, 7) is 0. The Morgan fingerprint density at radius 3 is 2.89 bits per heavy atom. The maximum Gasteiger partial charge on any atom is 0.113 e. The van der Waals surface area contributed by atoms with Crippen molar-refractivity contribution in [1.82, 2.24) is 4.98 Å². The maximum absolute atomic E-state index is 10.3. The molecule has 0 radical (unpaired) electrons. The Morgan fingerprint density at radius 1 is 1.22 bits per heavy atom. The number of aliphatic hydroxyl groups is 1. The lowest BCUT2D eigenvalue weighted by atomic mass is 10.1. The monoisotopic (exact) mass is 319 g/mol. The van der Waals surface area contributed by atoms with E-state index >= 15 is 0 Å². The van der Waals surface area contributed by atoms with E-state index in [1.165, 1.54) is 0 Å². The van der Waals surface area contributed by atoms with E-state index in [1.807, 2.05) is 41.8 Å². The van der Waals surface area contributed by atoms with Crippen LogP contribution in [-0.2, 0) is 0 Å². The molecule has 3 rings (SSSR count). The first-order chi connectivity index (χ1) is 8.74. The average molecular weight is 320 g/mol. The Kier molecular flexibility index (Phi) is 3.16. The number of benzene rings is 1. The number of hydrogen-bond donors (Lipinski definition) is 1. The third-order valence-electron chi connectivity index (χ3n) is 2.80. The lowest BCUT2D eigenvalue weighted by molar-refractivity contribution is 0.224. The molecule has 0 aliphatic rings. The van der Waals surface area contributed by atoms with Gasteiger partial charge in [-0.2, -0.15) is 0 Å². The molecular formula is C14H10BrNOS. The highest BCUT2D eigenvalue weighted by atomic mass is 79.9. The first-order valence-electron chi connectivity index (χ1n) is 5.51. The molecule has 18 heavy (non-hydrogen) atoms. The van der Waals surface area contributed by atoms with Gasteiger partial charge in [0.1, 0.15) is 6.10 Å². The van der Waals surface area contributed by atoms with Gasteiger partial charge in [0.2, 0.25) is 0 Å². The number of pyridine rings is 1. The molecule has 3 aromatic rings. The quantitative estimate of drug-likeness (QED) is 0.770. The van der Waals surface area contributed by atoms with Gasteiger partial charge in [0, 0.05) is 26.3 Å². The van der Waals surface area contributed by atoms with Crippen LogP contribution in [0.4, 0.5) is 0 Å². The molecule has 2 nitrogen and oxygen atoms in total. The van der Waals surface area contributed by atoms with Crippen molar-refractivity contribution in [3.8, 4) is 0 Å². The summed E-state index contributed by atoms with van der Waals surface area (Å²) in [6.07, 6.45) is 1.17. The summed E-state index contributed by atoms with van der Waals surface area (Å²) in [5, 5.41) is 13.4. The predicted octanol–water partition coefficient (Wildman–Crippen LogP) is 4.14. The molecule has 0 aliphatic carbocycles. The number of fused-ring (bicyclic) bond motifs is 1. The van der Waals surface area contributed by atoms with Gasteiger partial charge in [-0.05, 0) is 39.7 Å². The average Bonchev–Trinajstić information content (AvgIpc) is 2.84. The van der Waals surface area contributed by atoms with Crippen LogP contribution >= 0.6 is 27.3 Å². The largest absolute Gasteiger partial charge is 0.383 e. The molecule has 90 valence electrons. The topological polar surface area (TPSA) is 33.1 Å². The minimum atomic E-state index is -0.590. The van der Waals surface area contributed by atoms with E-state index < -0.39 is 6.10 Å². The smallest absolute Gasteiger partial charge is 0.113 e. The molecule has 0 fully saturated rings. The van der Waals surface area contributed by atoms with Gasteiger partial charge in [0.05, 0.1) is 5.52 Å². The maximum atomic E-state index is 10.3. The first-order valence-corrected chi connectivity index (χ1v) is 7.18. The summed E-state index contributed by atoms with van der Waals surface area (Å²) in [6, 6.07) is 11.7. The zero-order valence-electron chi connectivity index (χ0n) is 9.38. The lowest BCUT2D eigenvalue weighted by Gasteiger charge is -2.09. The van der Waals surface area contributed by atoms with E-state index in [1.54, 1.807) is 17.5 Å². The minimum Gasteiger partial charge on any atom is -0.383 e. The van der Waals surface area contributed by atoms with E-state index in [2.05, 4.69) is 20.9 Å². The number of nitrogens with zero attached hydrogens (tertiary/aromatic N) is 1. The van der Waals surface area contributed by atoms with Crippen LogP contribution in [0.25, 0.3) is 10.9 Å². The molecule has 2 heterocycles. The van der Waals surface area contributed by atoms with Gasteiger partial charge in [0.25, 0.3) is 0 Å². The highest BCUT2D eigenvalue weighted by Gasteiger charge is 2.13. The van der Waals surface area contributed by atoms with Crippen molar-refractivity contribution in [2.75, 3.05) is 0 Å². The fourth-order valence-electron chi connectivity index (χ4n) is 1.89. The van der Waals surface area contributed by atoms with Crippen LogP contribution in [0.3, 0.4) is 0 Å². The molecular weight excluding hydrogens is 310 g/mol. The van der Waals surface area contributed by atoms with Crippen LogP contribution in [0.1, 0.15) is 16.5 Å². The Labute approximate surface area is 117 Å². The molecule has 0 aliphatic heterocycles. The van der Waals surface area contributed by atoms with E-state index in [0.29, 0.717) is 0 Å². The number of rotatable bonds is 2. The summed E-state index contributed by atoms with van der Waals surface area (Å²) < 4.78 is 1.00. The summed E-state index contributed by atoms with van der Waals surface area (Å²) in [7, 11) is 0. The number of aliphatic hydroxyl groups excluding tert-OH is 1. The third kappa shape index (κ3) is 2.19. The molecule has 2 aromatic heterocycles. The van der Waals surface area contributed by atoms with Crippen molar-refractivity contribution in [1.29, 1.82) is 0 Å². The summed E-state index contributed by atoms with van der Waals surface area (Å²) in [4.78, 5) is 5.23. The van der Waals surface area contributed by atoms with Crippen LogP contribution in [0.5, 0.6) is 0 Å². The molecule has 0 spiro atoms. The van der Waals surface area contributed by atoms with E-state index in [9.17, 15) is 5.11 Å².